The van der Waals surface area contributed by atoms with Crippen LogP contribution in [-0.2, 0) is 0 Å². The number of terminal acetylenes is 2. The van der Waals surface area contributed by atoms with Crippen LogP contribution in [-0.4, -0.2) is 29.7 Å². The highest BCUT2D eigenvalue weighted by Gasteiger charge is 2.49. The fourth-order valence-electron chi connectivity index (χ4n) is 2.17. The summed E-state index contributed by atoms with van der Waals surface area (Å²) in [5.41, 5.74) is -2.71. The SMILES string of the molecule is C#CC(C)(C)C(O)[Si](C)(C)C(O)C(C)(C)C#C. The molecule has 2 N–H and O–H groups in total. The largest absolute Gasteiger partial charge is 0.395 e. The lowest BCUT2D eigenvalue weighted by molar-refractivity contribution is 0.108. The van der Waals surface area contributed by atoms with Gasteiger partial charge in [0, 0.05) is 10.8 Å². The van der Waals surface area contributed by atoms with Crippen molar-refractivity contribution in [2.45, 2.75) is 52.2 Å². The second kappa shape index (κ2) is 4.86. The summed E-state index contributed by atoms with van der Waals surface area (Å²) in [5, 5.41) is 20.8. The van der Waals surface area contributed by atoms with Crippen molar-refractivity contribution in [3.8, 4) is 24.7 Å². The average molecular weight is 252 g/mol. The predicted octanol–water partition coefficient (Wildman–Crippen LogP) is 1.81. The van der Waals surface area contributed by atoms with Gasteiger partial charge in [-0.15, -0.1) is 12.8 Å². The van der Waals surface area contributed by atoms with Gasteiger partial charge in [-0.2, -0.15) is 0 Å². The smallest absolute Gasteiger partial charge is 0.118 e. The zero-order chi connectivity index (χ0) is 14.1. The number of rotatable bonds is 4. The number of hydrogen-bond acceptors (Lipinski definition) is 2. The second-order valence-electron chi connectivity index (χ2n) is 6.36. The molecule has 2 atom stereocenters. The number of aliphatic hydroxyl groups excluding tert-OH is 2. The fourth-order valence-corrected chi connectivity index (χ4v) is 6.35. The summed E-state index contributed by atoms with van der Waals surface area (Å²) < 4.78 is 0. The maximum Gasteiger partial charge on any atom is 0.118 e. The zero-order valence-electron chi connectivity index (χ0n) is 11.7. The summed E-state index contributed by atoms with van der Waals surface area (Å²) in [7, 11) is -2.40. The molecular formula is C14H24O2Si. The second-order valence-corrected chi connectivity index (χ2v) is 11.1. The van der Waals surface area contributed by atoms with Gasteiger partial charge in [-0.3, -0.25) is 0 Å². The van der Waals surface area contributed by atoms with Crippen LogP contribution in [0, 0.1) is 35.5 Å². The first kappa shape index (κ1) is 16.3. The molecule has 0 aliphatic heterocycles. The Morgan fingerprint density at radius 1 is 0.882 bits per heavy atom. The monoisotopic (exact) mass is 252 g/mol. The molecule has 2 unspecified atom stereocenters. The third kappa shape index (κ3) is 3.13. The lowest BCUT2D eigenvalue weighted by Gasteiger charge is -2.43. The Morgan fingerprint density at radius 3 is 1.29 bits per heavy atom. The molecule has 0 spiro atoms. The molecule has 96 valence electrons. The van der Waals surface area contributed by atoms with Crippen molar-refractivity contribution in [3.05, 3.63) is 0 Å². The number of hydrogen-bond donors (Lipinski definition) is 2. The third-order valence-electron chi connectivity index (χ3n) is 3.52. The molecule has 0 saturated heterocycles. The van der Waals surface area contributed by atoms with E-state index in [1.165, 1.54) is 0 Å². The number of aliphatic hydroxyl groups is 2. The van der Waals surface area contributed by atoms with Gasteiger partial charge < -0.3 is 10.2 Å². The molecule has 0 saturated carbocycles. The maximum absolute atomic E-state index is 10.4. The average Bonchev–Trinajstić information content (AvgIpc) is 2.26. The molecule has 0 rings (SSSR count). The highest BCUT2D eigenvalue weighted by atomic mass is 28.3. The zero-order valence-corrected chi connectivity index (χ0v) is 12.7. The van der Waals surface area contributed by atoms with E-state index in [9.17, 15) is 10.2 Å². The molecular weight excluding hydrogens is 228 g/mol. The highest BCUT2D eigenvalue weighted by molar-refractivity contribution is 6.80. The highest BCUT2D eigenvalue weighted by Crippen LogP contribution is 2.35. The van der Waals surface area contributed by atoms with E-state index in [0.717, 1.165) is 0 Å². The Labute approximate surface area is 106 Å². The van der Waals surface area contributed by atoms with Crippen LogP contribution < -0.4 is 0 Å². The van der Waals surface area contributed by atoms with Gasteiger partial charge in [-0.05, 0) is 27.7 Å². The maximum atomic E-state index is 10.4. The Balaban J connectivity index is 5.32. The van der Waals surface area contributed by atoms with Crippen molar-refractivity contribution < 1.29 is 10.2 Å². The van der Waals surface area contributed by atoms with Crippen LogP contribution in [0.2, 0.25) is 13.1 Å². The van der Waals surface area contributed by atoms with Crippen molar-refractivity contribution in [3.63, 3.8) is 0 Å². The normalized spacial score (nSPS) is 16.8. The van der Waals surface area contributed by atoms with Gasteiger partial charge >= 0.3 is 0 Å². The van der Waals surface area contributed by atoms with Gasteiger partial charge in [-0.25, -0.2) is 0 Å². The van der Waals surface area contributed by atoms with E-state index in [2.05, 4.69) is 11.8 Å². The minimum Gasteiger partial charge on any atom is -0.395 e. The van der Waals surface area contributed by atoms with Gasteiger partial charge in [-0.1, -0.05) is 24.9 Å². The molecule has 0 heterocycles. The van der Waals surface area contributed by atoms with E-state index in [-0.39, 0.29) is 0 Å². The minimum atomic E-state index is -2.40. The van der Waals surface area contributed by atoms with Crippen LogP contribution in [0.4, 0.5) is 0 Å². The van der Waals surface area contributed by atoms with E-state index in [1.807, 2.05) is 40.8 Å². The van der Waals surface area contributed by atoms with Gasteiger partial charge in [0.15, 0.2) is 0 Å². The van der Waals surface area contributed by atoms with Crippen LogP contribution in [0.25, 0.3) is 0 Å². The summed E-state index contributed by atoms with van der Waals surface area (Å²) in [5.74, 6) is 5.19. The fraction of sp³-hybridized carbons (Fsp3) is 0.714. The molecule has 0 aromatic rings. The Kier molecular flexibility index (Phi) is 4.65. The molecule has 0 aromatic carbocycles. The first-order valence-electron chi connectivity index (χ1n) is 5.75. The first-order valence-corrected chi connectivity index (χ1v) is 8.90. The molecule has 0 aliphatic carbocycles. The summed E-state index contributed by atoms with van der Waals surface area (Å²) in [6, 6.07) is 0. The summed E-state index contributed by atoms with van der Waals surface area (Å²) in [4.78, 5) is 0. The van der Waals surface area contributed by atoms with E-state index in [1.54, 1.807) is 0 Å². The van der Waals surface area contributed by atoms with E-state index < -0.39 is 30.4 Å². The van der Waals surface area contributed by atoms with Crippen LogP contribution in [0.3, 0.4) is 0 Å². The van der Waals surface area contributed by atoms with E-state index >= 15 is 0 Å². The van der Waals surface area contributed by atoms with Gasteiger partial charge in [0.25, 0.3) is 0 Å². The lowest BCUT2D eigenvalue weighted by Crippen LogP contribution is -2.61. The van der Waals surface area contributed by atoms with Crippen LogP contribution in [0.15, 0.2) is 0 Å². The van der Waals surface area contributed by atoms with Gasteiger partial charge in [0.1, 0.15) is 8.07 Å². The molecule has 0 fully saturated rings. The van der Waals surface area contributed by atoms with Gasteiger partial charge in [0.2, 0.25) is 0 Å². The van der Waals surface area contributed by atoms with Crippen molar-refractivity contribution in [1.29, 1.82) is 0 Å². The molecule has 0 amide bonds. The predicted molar refractivity (Wildman–Crippen MR) is 74.7 cm³/mol. The summed E-state index contributed by atoms with van der Waals surface area (Å²) in [6.45, 7) is 11.1. The van der Waals surface area contributed by atoms with Gasteiger partial charge in [0.05, 0.1) is 11.5 Å². The van der Waals surface area contributed by atoms with Crippen molar-refractivity contribution in [1.82, 2.24) is 0 Å². The standard InChI is InChI=1S/C14H24O2Si/c1-9-13(3,4)11(15)17(7,8)12(16)14(5,6)10-2/h1-2,11-12,15-16H,3-8H3. The van der Waals surface area contributed by atoms with E-state index in [4.69, 9.17) is 12.8 Å². The third-order valence-corrected chi connectivity index (χ3v) is 7.78. The first-order chi connectivity index (χ1) is 7.43. The molecule has 3 heteroatoms. The van der Waals surface area contributed by atoms with Crippen LogP contribution >= 0.6 is 0 Å². The van der Waals surface area contributed by atoms with E-state index in [0.29, 0.717) is 0 Å². The molecule has 0 bridgehead atoms. The van der Waals surface area contributed by atoms with Crippen LogP contribution in [0.5, 0.6) is 0 Å². The molecule has 0 aliphatic rings. The summed E-state index contributed by atoms with van der Waals surface area (Å²) in [6.07, 6.45) is 10.9. The Hall–Kier alpha value is -0.743. The molecule has 0 radical (unpaired) electrons. The quantitative estimate of drug-likeness (QED) is 0.592. The van der Waals surface area contributed by atoms with Crippen LogP contribution in [0.1, 0.15) is 27.7 Å². The molecule has 17 heavy (non-hydrogen) atoms. The molecule has 0 aromatic heterocycles. The topological polar surface area (TPSA) is 40.5 Å². The van der Waals surface area contributed by atoms with Crippen molar-refractivity contribution in [2.75, 3.05) is 0 Å². The Bertz CT molecular complexity index is 321. The minimum absolute atomic E-state index is 0.651. The molecule has 2 nitrogen and oxygen atoms in total. The van der Waals surface area contributed by atoms with Crippen molar-refractivity contribution in [2.24, 2.45) is 10.8 Å². The van der Waals surface area contributed by atoms with Crippen molar-refractivity contribution >= 4 is 8.07 Å². The Morgan fingerprint density at radius 2 is 1.12 bits per heavy atom. The summed E-state index contributed by atoms with van der Waals surface area (Å²) >= 11 is 0. The lowest BCUT2D eigenvalue weighted by atomic mass is 9.95.